The summed E-state index contributed by atoms with van der Waals surface area (Å²) >= 11 is 5.80. The van der Waals surface area contributed by atoms with Crippen LogP contribution in [0, 0.1) is 0 Å². The van der Waals surface area contributed by atoms with Crippen molar-refractivity contribution in [3.63, 3.8) is 0 Å². The molecule has 0 aromatic heterocycles. The second-order valence-electron chi connectivity index (χ2n) is 5.76. The summed E-state index contributed by atoms with van der Waals surface area (Å²) in [5.74, 6) is -1.03. The second-order valence-corrected chi connectivity index (χ2v) is 6.20. The fourth-order valence-corrected chi connectivity index (χ4v) is 1.94. The molecule has 1 aromatic carbocycles. The minimum atomic E-state index is -1.03. The van der Waals surface area contributed by atoms with Crippen molar-refractivity contribution in [3.8, 4) is 0 Å². The Hall–Kier alpha value is -1.75. The molecule has 0 bridgehead atoms. The van der Waals surface area contributed by atoms with Crippen molar-refractivity contribution in [2.45, 2.75) is 32.7 Å². The summed E-state index contributed by atoms with van der Waals surface area (Å²) < 4.78 is 0. The van der Waals surface area contributed by atoms with E-state index < -0.39 is 11.5 Å². The molecule has 21 heavy (non-hydrogen) atoms. The number of rotatable bonds is 5. The maximum absolute atomic E-state index is 12.1. The van der Waals surface area contributed by atoms with E-state index in [-0.39, 0.29) is 12.6 Å². The van der Waals surface area contributed by atoms with Crippen molar-refractivity contribution in [3.05, 3.63) is 34.9 Å². The first-order valence-corrected chi connectivity index (χ1v) is 7.09. The van der Waals surface area contributed by atoms with Gasteiger partial charge in [0.05, 0.1) is 0 Å². The van der Waals surface area contributed by atoms with E-state index in [9.17, 15) is 9.59 Å². The summed E-state index contributed by atoms with van der Waals surface area (Å²) in [6, 6.07) is 7.01. The lowest BCUT2D eigenvalue weighted by Gasteiger charge is -2.34. The van der Waals surface area contributed by atoms with Gasteiger partial charge in [-0.15, -0.1) is 0 Å². The van der Waals surface area contributed by atoms with Crippen LogP contribution in [0.4, 0.5) is 4.79 Å². The minimum Gasteiger partial charge on any atom is -0.480 e. The number of carboxylic acids is 1. The third kappa shape index (κ3) is 6.04. The van der Waals surface area contributed by atoms with Crippen LogP contribution < -0.4 is 5.32 Å². The van der Waals surface area contributed by atoms with E-state index in [2.05, 4.69) is 5.32 Å². The molecule has 0 saturated carbocycles. The van der Waals surface area contributed by atoms with Gasteiger partial charge in [-0.2, -0.15) is 0 Å². The molecule has 0 saturated heterocycles. The van der Waals surface area contributed by atoms with Crippen LogP contribution in [0.2, 0.25) is 5.02 Å². The van der Waals surface area contributed by atoms with Crippen molar-refractivity contribution in [1.29, 1.82) is 0 Å². The zero-order chi connectivity index (χ0) is 16.0. The highest BCUT2D eigenvalue weighted by Gasteiger charge is 2.28. The first kappa shape index (κ1) is 17.3. The molecular formula is C15H21ClN2O3. The first-order chi connectivity index (χ1) is 9.70. The number of nitrogens with one attached hydrogen (secondary N) is 1. The van der Waals surface area contributed by atoms with E-state index in [1.807, 2.05) is 12.1 Å². The second kappa shape index (κ2) is 7.31. The van der Waals surface area contributed by atoms with E-state index in [4.69, 9.17) is 16.7 Å². The molecule has 5 nitrogen and oxygen atoms in total. The number of benzene rings is 1. The maximum atomic E-state index is 12.1. The summed E-state index contributed by atoms with van der Waals surface area (Å²) in [6.45, 7) is 5.51. The highest BCUT2D eigenvalue weighted by molar-refractivity contribution is 6.30. The van der Waals surface area contributed by atoms with Crippen LogP contribution >= 0.6 is 11.6 Å². The number of carboxylic acid groups (broad SMARTS) is 1. The molecule has 2 amide bonds. The van der Waals surface area contributed by atoms with E-state index in [0.29, 0.717) is 18.0 Å². The SMILES string of the molecule is CC(C)(C)N(CC(=O)O)C(=O)NCCc1ccc(Cl)cc1. The number of carbonyl (C=O) groups excluding carboxylic acids is 1. The van der Waals surface area contributed by atoms with Gasteiger partial charge in [0, 0.05) is 17.1 Å². The Kier molecular flexibility index (Phi) is 6.03. The van der Waals surface area contributed by atoms with E-state index in [0.717, 1.165) is 5.56 Å². The minimum absolute atomic E-state index is 0.323. The fourth-order valence-electron chi connectivity index (χ4n) is 1.81. The van der Waals surface area contributed by atoms with Gasteiger partial charge in [0.2, 0.25) is 0 Å². The molecule has 0 aliphatic rings. The molecule has 0 atom stereocenters. The van der Waals surface area contributed by atoms with Crippen LogP contribution in [0.1, 0.15) is 26.3 Å². The van der Waals surface area contributed by atoms with Crippen LogP contribution in [0.15, 0.2) is 24.3 Å². The Morgan fingerprint density at radius 3 is 2.29 bits per heavy atom. The number of aliphatic carboxylic acids is 1. The third-order valence-corrected chi connectivity index (χ3v) is 3.20. The number of nitrogens with zero attached hydrogens (tertiary/aromatic N) is 1. The molecule has 0 unspecified atom stereocenters. The highest BCUT2D eigenvalue weighted by Crippen LogP contribution is 2.13. The summed E-state index contributed by atoms with van der Waals surface area (Å²) in [5, 5.41) is 12.3. The monoisotopic (exact) mass is 312 g/mol. The lowest BCUT2D eigenvalue weighted by molar-refractivity contribution is -0.138. The van der Waals surface area contributed by atoms with Gasteiger partial charge in [-0.05, 0) is 44.9 Å². The number of hydrogen-bond donors (Lipinski definition) is 2. The lowest BCUT2D eigenvalue weighted by Crippen LogP contribution is -2.52. The zero-order valence-corrected chi connectivity index (χ0v) is 13.3. The van der Waals surface area contributed by atoms with Gasteiger partial charge < -0.3 is 15.3 Å². The topological polar surface area (TPSA) is 69.6 Å². The van der Waals surface area contributed by atoms with Crippen molar-refractivity contribution >= 4 is 23.6 Å². The number of urea groups is 1. The fraction of sp³-hybridized carbons (Fsp3) is 0.467. The predicted octanol–water partition coefficient (Wildman–Crippen LogP) is 2.78. The van der Waals surface area contributed by atoms with Crippen LogP contribution in [0.5, 0.6) is 0 Å². The average molecular weight is 313 g/mol. The normalized spacial score (nSPS) is 11.0. The smallest absolute Gasteiger partial charge is 0.323 e. The Labute approximate surface area is 129 Å². The molecule has 0 aliphatic carbocycles. The molecule has 1 aromatic rings. The molecule has 0 aliphatic heterocycles. The number of carbonyl (C=O) groups is 2. The van der Waals surface area contributed by atoms with Gasteiger partial charge in [0.25, 0.3) is 0 Å². The molecule has 6 heteroatoms. The Bertz CT molecular complexity index is 495. The summed E-state index contributed by atoms with van der Waals surface area (Å²) in [6.07, 6.45) is 0.661. The third-order valence-electron chi connectivity index (χ3n) is 2.95. The molecule has 116 valence electrons. The Balaban J connectivity index is 2.54. The van der Waals surface area contributed by atoms with Crippen molar-refractivity contribution in [1.82, 2.24) is 10.2 Å². The van der Waals surface area contributed by atoms with Crippen LogP contribution in [-0.2, 0) is 11.2 Å². The van der Waals surface area contributed by atoms with Gasteiger partial charge in [-0.25, -0.2) is 4.79 Å². The number of amides is 2. The van der Waals surface area contributed by atoms with Crippen LogP contribution in [0.3, 0.4) is 0 Å². The quantitative estimate of drug-likeness (QED) is 0.878. The Morgan fingerprint density at radius 2 is 1.81 bits per heavy atom. The van der Waals surface area contributed by atoms with Gasteiger partial charge >= 0.3 is 12.0 Å². The van der Waals surface area contributed by atoms with Crippen molar-refractivity contribution < 1.29 is 14.7 Å². The van der Waals surface area contributed by atoms with E-state index in [1.165, 1.54) is 4.90 Å². The summed E-state index contributed by atoms with van der Waals surface area (Å²) in [7, 11) is 0. The summed E-state index contributed by atoms with van der Waals surface area (Å²) in [4.78, 5) is 24.3. The van der Waals surface area contributed by atoms with E-state index >= 15 is 0 Å². The van der Waals surface area contributed by atoms with Crippen LogP contribution in [0.25, 0.3) is 0 Å². The zero-order valence-electron chi connectivity index (χ0n) is 12.5. The molecule has 1 rings (SSSR count). The largest absolute Gasteiger partial charge is 0.480 e. The summed E-state index contributed by atoms with van der Waals surface area (Å²) in [5.41, 5.74) is 0.503. The molecule has 0 radical (unpaired) electrons. The van der Waals surface area contributed by atoms with Gasteiger partial charge in [-0.3, -0.25) is 4.79 Å². The lowest BCUT2D eigenvalue weighted by atomic mass is 10.1. The molecule has 2 N–H and O–H groups in total. The molecule has 0 spiro atoms. The van der Waals surface area contributed by atoms with E-state index in [1.54, 1.807) is 32.9 Å². The number of halogens is 1. The average Bonchev–Trinajstić information content (AvgIpc) is 2.36. The predicted molar refractivity (Wildman–Crippen MR) is 82.6 cm³/mol. The van der Waals surface area contributed by atoms with Gasteiger partial charge in [0.15, 0.2) is 0 Å². The number of hydrogen-bond acceptors (Lipinski definition) is 2. The molecule has 0 heterocycles. The first-order valence-electron chi connectivity index (χ1n) is 6.72. The van der Waals surface area contributed by atoms with Gasteiger partial charge in [-0.1, -0.05) is 23.7 Å². The molecular weight excluding hydrogens is 292 g/mol. The van der Waals surface area contributed by atoms with Crippen LogP contribution in [-0.4, -0.2) is 40.6 Å². The maximum Gasteiger partial charge on any atom is 0.323 e. The molecule has 0 fully saturated rings. The van der Waals surface area contributed by atoms with Crippen molar-refractivity contribution in [2.75, 3.05) is 13.1 Å². The highest BCUT2D eigenvalue weighted by atomic mass is 35.5. The van der Waals surface area contributed by atoms with Gasteiger partial charge in [0.1, 0.15) is 6.54 Å². The van der Waals surface area contributed by atoms with Crippen molar-refractivity contribution in [2.24, 2.45) is 0 Å². The Morgan fingerprint density at radius 1 is 1.24 bits per heavy atom. The standard InChI is InChI=1S/C15H21ClN2O3/c1-15(2,3)18(10-13(19)20)14(21)17-9-8-11-4-6-12(16)7-5-11/h4-7H,8-10H2,1-3H3,(H,17,21)(H,19,20).